The number of amides is 1. The van der Waals surface area contributed by atoms with Crippen molar-refractivity contribution in [2.75, 3.05) is 19.7 Å². The normalized spacial score (nSPS) is 18.5. The number of hydrogen-bond acceptors (Lipinski definition) is 4. The fourth-order valence-corrected chi connectivity index (χ4v) is 2.52. The number of alkyl halides is 3. The number of benzene rings is 1. The zero-order chi connectivity index (χ0) is 17.2. The lowest BCUT2D eigenvalue weighted by atomic mass is 10.0. The number of morpholine rings is 1. The van der Waals surface area contributed by atoms with Gasteiger partial charge in [-0.15, -0.1) is 0 Å². The Morgan fingerprint density at radius 1 is 1.17 bits per heavy atom. The number of halogens is 3. The van der Waals surface area contributed by atoms with Gasteiger partial charge in [0.15, 0.2) is 0 Å². The molecule has 0 unspecified atom stereocenters. The minimum absolute atomic E-state index is 0.204. The SMILES string of the molecule is O=C(c1ccnnc1)N1CCO[C@@H](c2ccc(C(F)(F)F)cc2)C1. The monoisotopic (exact) mass is 337 g/mol. The quantitative estimate of drug-likeness (QED) is 0.845. The second-order valence-electron chi connectivity index (χ2n) is 5.36. The Balaban J connectivity index is 1.73. The Hall–Kier alpha value is -2.48. The molecule has 5 nitrogen and oxygen atoms in total. The lowest BCUT2D eigenvalue weighted by Crippen LogP contribution is -2.42. The number of rotatable bonds is 2. The van der Waals surface area contributed by atoms with Crippen LogP contribution in [0.25, 0.3) is 0 Å². The Morgan fingerprint density at radius 2 is 1.92 bits per heavy atom. The zero-order valence-electron chi connectivity index (χ0n) is 12.5. The molecule has 2 heterocycles. The van der Waals surface area contributed by atoms with Crippen LogP contribution in [0.4, 0.5) is 13.2 Å². The van der Waals surface area contributed by atoms with Crippen molar-refractivity contribution in [1.82, 2.24) is 15.1 Å². The number of hydrogen-bond donors (Lipinski definition) is 0. The molecule has 1 fully saturated rings. The first kappa shape index (κ1) is 16.4. The van der Waals surface area contributed by atoms with Crippen molar-refractivity contribution in [1.29, 1.82) is 0 Å². The van der Waals surface area contributed by atoms with Gasteiger partial charge in [0.05, 0.1) is 36.7 Å². The second kappa shape index (κ2) is 6.56. The summed E-state index contributed by atoms with van der Waals surface area (Å²) in [5, 5.41) is 7.30. The van der Waals surface area contributed by atoms with Crippen molar-refractivity contribution in [3.05, 3.63) is 59.4 Å². The minimum atomic E-state index is -4.37. The van der Waals surface area contributed by atoms with Crippen molar-refractivity contribution in [2.24, 2.45) is 0 Å². The molecular formula is C16H14F3N3O2. The molecule has 0 N–H and O–H groups in total. The molecule has 1 atom stereocenters. The van der Waals surface area contributed by atoms with Gasteiger partial charge in [0.2, 0.25) is 0 Å². The predicted octanol–water partition coefficient (Wildman–Crippen LogP) is 2.71. The highest BCUT2D eigenvalue weighted by molar-refractivity contribution is 5.93. The summed E-state index contributed by atoms with van der Waals surface area (Å²) in [7, 11) is 0. The van der Waals surface area contributed by atoms with E-state index in [0.717, 1.165) is 12.1 Å². The molecule has 0 bridgehead atoms. The van der Waals surface area contributed by atoms with Gasteiger partial charge >= 0.3 is 6.18 Å². The van der Waals surface area contributed by atoms with Gasteiger partial charge < -0.3 is 9.64 Å². The molecule has 1 aliphatic heterocycles. The first-order valence-electron chi connectivity index (χ1n) is 7.30. The van der Waals surface area contributed by atoms with Crippen molar-refractivity contribution < 1.29 is 22.7 Å². The molecule has 0 aliphatic carbocycles. The van der Waals surface area contributed by atoms with E-state index >= 15 is 0 Å². The molecule has 1 amide bonds. The molecule has 1 aliphatic rings. The summed E-state index contributed by atoms with van der Waals surface area (Å²) in [6, 6.07) is 6.38. The standard InChI is InChI=1S/C16H14F3N3O2/c17-16(18,19)13-3-1-11(2-4-13)14-10-22(7-8-24-14)15(23)12-5-6-20-21-9-12/h1-6,9,14H,7-8,10H2/t14-/m1/s1. The van der Waals surface area contributed by atoms with E-state index < -0.39 is 17.8 Å². The van der Waals surface area contributed by atoms with Gasteiger partial charge in [-0.3, -0.25) is 4.79 Å². The predicted molar refractivity (Wildman–Crippen MR) is 78.1 cm³/mol. The van der Waals surface area contributed by atoms with E-state index in [2.05, 4.69) is 10.2 Å². The molecule has 3 rings (SSSR count). The van der Waals surface area contributed by atoms with Gasteiger partial charge in [0, 0.05) is 6.54 Å². The Kier molecular flexibility index (Phi) is 4.48. The average molecular weight is 337 g/mol. The van der Waals surface area contributed by atoms with Crippen LogP contribution in [-0.4, -0.2) is 40.7 Å². The van der Waals surface area contributed by atoms with Crippen LogP contribution in [0.15, 0.2) is 42.7 Å². The van der Waals surface area contributed by atoms with Gasteiger partial charge in [-0.25, -0.2) is 0 Å². The number of nitrogens with zero attached hydrogens (tertiary/aromatic N) is 3. The summed E-state index contributed by atoms with van der Waals surface area (Å²) >= 11 is 0. The summed E-state index contributed by atoms with van der Waals surface area (Å²) < 4.78 is 43.5. The van der Waals surface area contributed by atoms with Crippen LogP contribution < -0.4 is 0 Å². The molecule has 24 heavy (non-hydrogen) atoms. The topological polar surface area (TPSA) is 55.3 Å². The van der Waals surface area contributed by atoms with Crippen LogP contribution in [0.5, 0.6) is 0 Å². The molecule has 8 heteroatoms. The molecule has 126 valence electrons. The van der Waals surface area contributed by atoms with Gasteiger partial charge in [0.1, 0.15) is 6.10 Å². The number of ether oxygens (including phenoxy) is 1. The van der Waals surface area contributed by atoms with E-state index in [1.54, 1.807) is 11.0 Å². The Morgan fingerprint density at radius 3 is 2.54 bits per heavy atom. The fraction of sp³-hybridized carbons (Fsp3) is 0.312. The molecule has 2 aromatic rings. The summed E-state index contributed by atoms with van der Waals surface area (Å²) in [5.74, 6) is -0.204. The van der Waals surface area contributed by atoms with Crippen molar-refractivity contribution in [2.45, 2.75) is 12.3 Å². The van der Waals surface area contributed by atoms with Crippen LogP contribution in [-0.2, 0) is 10.9 Å². The first-order chi connectivity index (χ1) is 11.4. The van der Waals surface area contributed by atoms with Gasteiger partial charge in [0.25, 0.3) is 5.91 Å². The highest BCUT2D eigenvalue weighted by Crippen LogP contribution is 2.31. The average Bonchev–Trinajstić information content (AvgIpc) is 2.61. The molecule has 1 aromatic carbocycles. The third-order valence-corrected chi connectivity index (χ3v) is 3.79. The number of carbonyl (C=O) groups is 1. The molecule has 0 saturated carbocycles. The summed E-state index contributed by atoms with van der Waals surface area (Å²) in [6.45, 7) is 1.00. The number of carbonyl (C=O) groups excluding carboxylic acids is 1. The van der Waals surface area contributed by atoms with Crippen molar-refractivity contribution >= 4 is 5.91 Å². The maximum Gasteiger partial charge on any atom is 0.416 e. The smallest absolute Gasteiger partial charge is 0.370 e. The molecule has 0 radical (unpaired) electrons. The second-order valence-corrected chi connectivity index (χ2v) is 5.36. The van der Waals surface area contributed by atoms with E-state index in [1.165, 1.54) is 24.5 Å². The maximum atomic E-state index is 12.6. The van der Waals surface area contributed by atoms with E-state index in [9.17, 15) is 18.0 Å². The van der Waals surface area contributed by atoms with Gasteiger partial charge in [-0.05, 0) is 23.8 Å². The van der Waals surface area contributed by atoms with Crippen LogP contribution in [0.2, 0.25) is 0 Å². The largest absolute Gasteiger partial charge is 0.416 e. The van der Waals surface area contributed by atoms with Crippen LogP contribution in [0, 0.1) is 0 Å². The Bertz CT molecular complexity index is 705. The van der Waals surface area contributed by atoms with Crippen molar-refractivity contribution in [3.8, 4) is 0 Å². The first-order valence-corrected chi connectivity index (χ1v) is 7.30. The summed E-state index contributed by atoms with van der Waals surface area (Å²) in [5.41, 5.74) is 0.310. The maximum absolute atomic E-state index is 12.6. The van der Waals surface area contributed by atoms with Gasteiger partial charge in [-0.2, -0.15) is 23.4 Å². The zero-order valence-corrected chi connectivity index (χ0v) is 12.5. The minimum Gasteiger partial charge on any atom is -0.370 e. The fourth-order valence-electron chi connectivity index (χ4n) is 2.52. The molecule has 1 aromatic heterocycles. The van der Waals surface area contributed by atoms with Gasteiger partial charge in [-0.1, -0.05) is 12.1 Å². The highest BCUT2D eigenvalue weighted by Gasteiger charge is 2.31. The van der Waals surface area contributed by atoms with E-state index in [1.807, 2.05) is 0 Å². The lowest BCUT2D eigenvalue weighted by Gasteiger charge is -2.33. The summed E-state index contributed by atoms with van der Waals surface area (Å²) in [4.78, 5) is 14.0. The number of aromatic nitrogens is 2. The van der Waals surface area contributed by atoms with E-state index in [-0.39, 0.29) is 12.5 Å². The Labute approximate surface area is 136 Å². The van der Waals surface area contributed by atoms with Crippen molar-refractivity contribution in [3.63, 3.8) is 0 Å². The third-order valence-electron chi connectivity index (χ3n) is 3.79. The third kappa shape index (κ3) is 3.53. The van der Waals surface area contributed by atoms with E-state index in [0.29, 0.717) is 24.3 Å². The van der Waals surface area contributed by atoms with E-state index in [4.69, 9.17) is 4.74 Å². The molecular weight excluding hydrogens is 323 g/mol. The lowest BCUT2D eigenvalue weighted by molar-refractivity contribution is -0.137. The summed E-state index contributed by atoms with van der Waals surface area (Å²) in [6.07, 6.45) is -2.02. The van der Waals surface area contributed by atoms with Crippen LogP contribution in [0.1, 0.15) is 27.6 Å². The highest BCUT2D eigenvalue weighted by atomic mass is 19.4. The molecule has 0 spiro atoms. The van der Waals surface area contributed by atoms with Crippen LogP contribution in [0.3, 0.4) is 0 Å². The van der Waals surface area contributed by atoms with Crippen LogP contribution >= 0.6 is 0 Å². The molecule has 1 saturated heterocycles.